The molecule has 0 radical (unpaired) electrons. The van der Waals surface area contributed by atoms with E-state index in [9.17, 15) is 4.79 Å². The van der Waals surface area contributed by atoms with E-state index in [4.69, 9.17) is 0 Å². The highest BCUT2D eigenvalue weighted by Gasteiger charge is 2.25. The van der Waals surface area contributed by atoms with Gasteiger partial charge in [0.05, 0.1) is 36.0 Å². The molecule has 6 heteroatoms. The molecule has 1 fully saturated rings. The van der Waals surface area contributed by atoms with E-state index in [0.29, 0.717) is 19.0 Å². The van der Waals surface area contributed by atoms with Crippen LogP contribution in [0.5, 0.6) is 0 Å². The molecule has 6 nitrogen and oxygen atoms in total. The molecule has 0 unspecified atom stereocenters. The molecule has 0 bridgehead atoms. The van der Waals surface area contributed by atoms with Crippen molar-refractivity contribution in [1.82, 2.24) is 24.8 Å². The van der Waals surface area contributed by atoms with Crippen molar-refractivity contribution in [2.24, 2.45) is 0 Å². The number of hydrogen-bond acceptors (Lipinski definition) is 3. The number of H-pyrrole nitrogens is 1. The number of amides is 1. The second kappa shape index (κ2) is 5.53. The highest BCUT2D eigenvalue weighted by atomic mass is 16.1. The third kappa shape index (κ3) is 2.97. The van der Waals surface area contributed by atoms with Gasteiger partial charge in [0.1, 0.15) is 5.82 Å². The fraction of sp³-hybridized carbons (Fsp3) is 0.353. The van der Waals surface area contributed by atoms with Crippen LogP contribution in [0.1, 0.15) is 36.0 Å². The Balaban J connectivity index is 1.39. The molecule has 0 spiro atoms. The van der Waals surface area contributed by atoms with Crippen LogP contribution in [0.15, 0.2) is 30.7 Å². The summed E-state index contributed by atoms with van der Waals surface area (Å²) in [7, 11) is 0. The van der Waals surface area contributed by atoms with Gasteiger partial charge in [0.25, 0.3) is 0 Å². The number of fused-ring (bicyclic) bond motifs is 1. The quantitative estimate of drug-likeness (QED) is 0.759. The maximum absolute atomic E-state index is 12.2. The highest BCUT2D eigenvalue weighted by Crippen LogP contribution is 2.35. The van der Waals surface area contributed by atoms with Crippen LogP contribution >= 0.6 is 0 Å². The van der Waals surface area contributed by atoms with Crippen molar-refractivity contribution in [2.75, 3.05) is 0 Å². The zero-order valence-corrected chi connectivity index (χ0v) is 13.0. The fourth-order valence-corrected chi connectivity index (χ4v) is 2.88. The van der Waals surface area contributed by atoms with Crippen LogP contribution < -0.4 is 5.32 Å². The van der Waals surface area contributed by atoms with Crippen LogP contribution in [-0.4, -0.2) is 25.4 Å². The lowest BCUT2D eigenvalue weighted by Crippen LogP contribution is -2.25. The monoisotopic (exact) mass is 309 g/mol. The molecular formula is C17H19N5O. The van der Waals surface area contributed by atoms with Gasteiger partial charge in [-0.25, -0.2) is 9.97 Å². The Hall–Kier alpha value is -2.63. The lowest BCUT2D eigenvalue weighted by molar-refractivity contribution is -0.120. The minimum absolute atomic E-state index is 0.0177. The normalized spacial score (nSPS) is 14.3. The SMILES string of the molecule is Cc1nc2ccc(CC(=O)NCc3cncn3C3CC3)cc2[nH]1. The molecule has 1 amide bonds. The van der Waals surface area contributed by atoms with Gasteiger partial charge in [-0.05, 0) is 37.5 Å². The number of aromatic nitrogens is 4. The molecule has 1 saturated carbocycles. The summed E-state index contributed by atoms with van der Waals surface area (Å²) in [5.74, 6) is 0.902. The van der Waals surface area contributed by atoms with E-state index in [1.807, 2.05) is 37.6 Å². The van der Waals surface area contributed by atoms with Gasteiger partial charge in [0.2, 0.25) is 5.91 Å². The molecule has 2 heterocycles. The minimum Gasteiger partial charge on any atom is -0.350 e. The molecule has 3 aromatic rings. The maximum Gasteiger partial charge on any atom is 0.224 e. The number of rotatable bonds is 5. The van der Waals surface area contributed by atoms with Gasteiger partial charge in [-0.3, -0.25) is 4.79 Å². The Morgan fingerprint density at radius 1 is 1.43 bits per heavy atom. The summed E-state index contributed by atoms with van der Waals surface area (Å²) >= 11 is 0. The Morgan fingerprint density at radius 2 is 2.30 bits per heavy atom. The van der Waals surface area contributed by atoms with E-state index < -0.39 is 0 Å². The smallest absolute Gasteiger partial charge is 0.224 e. The molecule has 1 aliphatic rings. The van der Waals surface area contributed by atoms with Gasteiger partial charge in [-0.1, -0.05) is 6.07 Å². The van der Waals surface area contributed by atoms with Crippen molar-refractivity contribution in [2.45, 2.75) is 38.8 Å². The van der Waals surface area contributed by atoms with Gasteiger partial charge in [-0.2, -0.15) is 0 Å². The summed E-state index contributed by atoms with van der Waals surface area (Å²) in [6.07, 6.45) is 6.47. The van der Waals surface area contributed by atoms with Crippen LogP contribution in [-0.2, 0) is 17.8 Å². The zero-order valence-electron chi connectivity index (χ0n) is 13.0. The lowest BCUT2D eigenvalue weighted by atomic mass is 10.1. The van der Waals surface area contributed by atoms with Crippen LogP contribution in [0.25, 0.3) is 11.0 Å². The van der Waals surface area contributed by atoms with Crippen LogP contribution in [0, 0.1) is 6.92 Å². The van der Waals surface area contributed by atoms with E-state index in [1.54, 1.807) is 0 Å². The minimum atomic E-state index is 0.0177. The van der Waals surface area contributed by atoms with Gasteiger partial charge >= 0.3 is 0 Å². The number of carbonyl (C=O) groups excluding carboxylic acids is 1. The maximum atomic E-state index is 12.2. The summed E-state index contributed by atoms with van der Waals surface area (Å²) in [6, 6.07) is 6.47. The fourth-order valence-electron chi connectivity index (χ4n) is 2.88. The van der Waals surface area contributed by atoms with Crippen molar-refractivity contribution in [3.05, 3.63) is 47.8 Å². The third-order valence-electron chi connectivity index (χ3n) is 4.18. The van der Waals surface area contributed by atoms with Crippen molar-refractivity contribution < 1.29 is 4.79 Å². The molecule has 118 valence electrons. The first kappa shape index (κ1) is 14.0. The molecule has 1 aromatic carbocycles. The van der Waals surface area contributed by atoms with Crippen LogP contribution in [0.2, 0.25) is 0 Å². The second-order valence-electron chi connectivity index (χ2n) is 6.15. The van der Waals surface area contributed by atoms with Gasteiger partial charge in [0.15, 0.2) is 0 Å². The molecule has 1 aliphatic carbocycles. The number of aryl methyl sites for hydroxylation is 1. The molecule has 2 aromatic heterocycles. The Bertz CT molecular complexity index is 859. The largest absolute Gasteiger partial charge is 0.350 e. The predicted molar refractivity (Wildman–Crippen MR) is 86.9 cm³/mol. The van der Waals surface area contributed by atoms with Gasteiger partial charge in [0, 0.05) is 12.2 Å². The predicted octanol–water partition coefficient (Wildman–Crippen LogP) is 2.26. The van der Waals surface area contributed by atoms with Crippen LogP contribution in [0.3, 0.4) is 0 Å². The summed E-state index contributed by atoms with van der Waals surface area (Å²) in [4.78, 5) is 23.9. The van der Waals surface area contributed by atoms with Gasteiger partial charge < -0.3 is 14.9 Å². The molecule has 4 rings (SSSR count). The average Bonchev–Trinajstić information content (AvgIpc) is 3.14. The Labute approximate surface area is 133 Å². The third-order valence-corrected chi connectivity index (χ3v) is 4.18. The van der Waals surface area contributed by atoms with Crippen molar-refractivity contribution in [3.63, 3.8) is 0 Å². The van der Waals surface area contributed by atoms with Gasteiger partial charge in [-0.15, -0.1) is 0 Å². The zero-order chi connectivity index (χ0) is 15.8. The number of aromatic amines is 1. The van der Waals surface area contributed by atoms with E-state index in [-0.39, 0.29) is 5.91 Å². The van der Waals surface area contributed by atoms with E-state index in [0.717, 1.165) is 28.1 Å². The number of carbonyl (C=O) groups is 1. The summed E-state index contributed by atoms with van der Waals surface area (Å²) in [5, 5.41) is 2.98. The lowest BCUT2D eigenvalue weighted by Gasteiger charge is -2.08. The number of imidazole rings is 2. The first-order valence-electron chi connectivity index (χ1n) is 7.92. The Kier molecular flexibility index (Phi) is 3.37. The standard InChI is InChI=1S/C17H19N5O/c1-11-20-15-5-2-12(6-16(15)21-11)7-17(23)19-9-14-8-18-10-22(14)13-3-4-13/h2,5-6,8,10,13H,3-4,7,9H2,1H3,(H,19,23)(H,20,21). The molecule has 23 heavy (non-hydrogen) atoms. The highest BCUT2D eigenvalue weighted by molar-refractivity contribution is 5.81. The molecule has 2 N–H and O–H groups in total. The number of nitrogens with one attached hydrogen (secondary N) is 2. The second-order valence-corrected chi connectivity index (χ2v) is 6.15. The van der Waals surface area contributed by atoms with Crippen LogP contribution in [0.4, 0.5) is 0 Å². The topological polar surface area (TPSA) is 75.6 Å². The van der Waals surface area contributed by atoms with E-state index in [2.05, 4.69) is 24.8 Å². The Morgan fingerprint density at radius 3 is 3.13 bits per heavy atom. The molecular weight excluding hydrogens is 290 g/mol. The molecule has 0 aliphatic heterocycles. The first-order chi connectivity index (χ1) is 11.2. The van der Waals surface area contributed by atoms with E-state index >= 15 is 0 Å². The van der Waals surface area contributed by atoms with E-state index in [1.165, 1.54) is 12.8 Å². The number of nitrogens with zero attached hydrogens (tertiary/aromatic N) is 3. The average molecular weight is 309 g/mol. The summed E-state index contributed by atoms with van der Waals surface area (Å²) < 4.78 is 2.17. The van der Waals surface area contributed by atoms with Crippen molar-refractivity contribution in [3.8, 4) is 0 Å². The molecule has 0 saturated heterocycles. The number of benzene rings is 1. The van der Waals surface area contributed by atoms with Crippen molar-refractivity contribution in [1.29, 1.82) is 0 Å². The number of hydrogen-bond donors (Lipinski definition) is 2. The summed E-state index contributed by atoms with van der Waals surface area (Å²) in [5.41, 5.74) is 3.95. The molecule has 0 atom stereocenters. The van der Waals surface area contributed by atoms with Crippen molar-refractivity contribution >= 4 is 16.9 Å². The first-order valence-corrected chi connectivity index (χ1v) is 7.92. The summed E-state index contributed by atoms with van der Waals surface area (Å²) in [6.45, 7) is 2.45.